The molecule has 0 saturated carbocycles. The molecule has 0 unspecified atom stereocenters. The Balaban J connectivity index is 2.07. The summed E-state index contributed by atoms with van der Waals surface area (Å²) in [4.78, 5) is 14.0. The first kappa shape index (κ1) is 16.0. The maximum Gasteiger partial charge on any atom is 0.246 e. The van der Waals surface area contributed by atoms with Gasteiger partial charge in [-0.05, 0) is 18.6 Å². The van der Waals surface area contributed by atoms with E-state index in [0.717, 1.165) is 16.8 Å². The van der Waals surface area contributed by atoms with Gasteiger partial charge < -0.3 is 10.0 Å². The van der Waals surface area contributed by atoms with E-state index in [1.54, 1.807) is 21.9 Å². The predicted octanol–water partition coefficient (Wildman–Crippen LogP) is 1.76. The molecule has 2 aromatic rings. The standard InChI is InChI=1S/C17H21N3O2/c1-14-16(12-18-19(14)2)8-9-17(22)20(10-11-21)13-15-6-4-3-5-7-15/h3-9,12,21H,10-11,13H2,1-2H3/b9-8+. The molecule has 116 valence electrons. The fraction of sp³-hybridized carbons (Fsp3) is 0.294. The van der Waals surface area contributed by atoms with Crippen LogP contribution in [0, 0.1) is 6.92 Å². The van der Waals surface area contributed by atoms with Gasteiger partial charge in [-0.15, -0.1) is 0 Å². The third kappa shape index (κ3) is 4.05. The Kier molecular flexibility index (Phi) is 5.49. The molecule has 0 aliphatic heterocycles. The molecule has 1 N–H and O–H groups in total. The molecule has 0 saturated heterocycles. The Bertz CT molecular complexity index is 647. The van der Waals surface area contributed by atoms with Crippen LogP contribution >= 0.6 is 0 Å². The van der Waals surface area contributed by atoms with Crippen LogP contribution in [0.2, 0.25) is 0 Å². The van der Waals surface area contributed by atoms with E-state index >= 15 is 0 Å². The highest BCUT2D eigenvalue weighted by molar-refractivity contribution is 5.91. The van der Waals surface area contributed by atoms with Crippen molar-refractivity contribution < 1.29 is 9.90 Å². The van der Waals surface area contributed by atoms with Crippen molar-refractivity contribution in [1.82, 2.24) is 14.7 Å². The van der Waals surface area contributed by atoms with Crippen molar-refractivity contribution in [3.8, 4) is 0 Å². The minimum Gasteiger partial charge on any atom is -0.395 e. The molecule has 22 heavy (non-hydrogen) atoms. The lowest BCUT2D eigenvalue weighted by Gasteiger charge is -2.20. The molecule has 5 heteroatoms. The second-order valence-electron chi connectivity index (χ2n) is 5.11. The van der Waals surface area contributed by atoms with Gasteiger partial charge >= 0.3 is 0 Å². The van der Waals surface area contributed by atoms with E-state index in [2.05, 4.69) is 5.10 Å². The molecule has 1 aromatic heterocycles. The van der Waals surface area contributed by atoms with Crippen molar-refractivity contribution in [2.75, 3.05) is 13.2 Å². The molecule has 0 atom stereocenters. The van der Waals surface area contributed by atoms with Crippen molar-refractivity contribution in [3.63, 3.8) is 0 Å². The summed E-state index contributed by atoms with van der Waals surface area (Å²) in [5.74, 6) is -0.124. The molecule has 1 heterocycles. The SMILES string of the molecule is Cc1c(/C=C/C(=O)N(CCO)Cc2ccccc2)cnn1C. The van der Waals surface area contributed by atoms with E-state index in [-0.39, 0.29) is 12.5 Å². The lowest BCUT2D eigenvalue weighted by atomic mass is 10.2. The number of aryl methyl sites for hydroxylation is 1. The number of aromatic nitrogens is 2. The van der Waals surface area contributed by atoms with Crippen molar-refractivity contribution in [3.05, 3.63) is 59.4 Å². The summed E-state index contributed by atoms with van der Waals surface area (Å²) in [7, 11) is 1.86. The van der Waals surface area contributed by atoms with E-state index in [1.807, 2.05) is 44.3 Å². The molecular weight excluding hydrogens is 278 g/mol. The van der Waals surface area contributed by atoms with Crippen LogP contribution in [0.3, 0.4) is 0 Å². The van der Waals surface area contributed by atoms with E-state index in [4.69, 9.17) is 5.11 Å². The molecule has 0 aliphatic rings. The van der Waals surface area contributed by atoms with Crippen LogP contribution in [0.15, 0.2) is 42.6 Å². The highest BCUT2D eigenvalue weighted by atomic mass is 16.3. The summed E-state index contributed by atoms with van der Waals surface area (Å²) in [5, 5.41) is 13.3. The van der Waals surface area contributed by atoms with Gasteiger partial charge in [-0.2, -0.15) is 5.10 Å². The van der Waals surface area contributed by atoms with Crippen LogP contribution in [-0.4, -0.2) is 38.8 Å². The Labute approximate surface area is 130 Å². The quantitative estimate of drug-likeness (QED) is 0.827. The molecule has 0 radical (unpaired) electrons. The molecule has 0 aliphatic carbocycles. The van der Waals surface area contributed by atoms with Gasteiger partial charge in [-0.1, -0.05) is 30.3 Å². The Morgan fingerprint density at radius 3 is 2.68 bits per heavy atom. The van der Waals surface area contributed by atoms with Crippen molar-refractivity contribution in [2.45, 2.75) is 13.5 Å². The molecule has 2 rings (SSSR count). The van der Waals surface area contributed by atoms with Gasteiger partial charge in [0.15, 0.2) is 0 Å². The van der Waals surface area contributed by atoms with Crippen molar-refractivity contribution >= 4 is 12.0 Å². The smallest absolute Gasteiger partial charge is 0.246 e. The van der Waals surface area contributed by atoms with Crippen LogP contribution in [0.1, 0.15) is 16.8 Å². The molecule has 0 fully saturated rings. The second kappa shape index (κ2) is 7.56. The topological polar surface area (TPSA) is 58.4 Å². The average molecular weight is 299 g/mol. The van der Waals surface area contributed by atoms with Gasteiger partial charge in [0.25, 0.3) is 0 Å². The Hall–Kier alpha value is -2.40. The zero-order valence-corrected chi connectivity index (χ0v) is 12.9. The fourth-order valence-electron chi connectivity index (χ4n) is 2.14. The molecular formula is C17H21N3O2. The number of amides is 1. The third-order valence-electron chi connectivity index (χ3n) is 3.58. The van der Waals surface area contributed by atoms with Crippen LogP contribution in [0.4, 0.5) is 0 Å². The zero-order chi connectivity index (χ0) is 15.9. The van der Waals surface area contributed by atoms with Crippen LogP contribution in [0.25, 0.3) is 6.08 Å². The van der Waals surface area contributed by atoms with Gasteiger partial charge in [0.1, 0.15) is 0 Å². The number of hydrogen-bond donors (Lipinski definition) is 1. The van der Waals surface area contributed by atoms with Crippen molar-refractivity contribution in [1.29, 1.82) is 0 Å². The molecule has 1 amide bonds. The second-order valence-corrected chi connectivity index (χ2v) is 5.11. The molecule has 0 spiro atoms. The number of hydrogen-bond acceptors (Lipinski definition) is 3. The number of carbonyl (C=O) groups is 1. The minimum absolute atomic E-state index is 0.0572. The number of benzene rings is 1. The number of aliphatic hydroxyl groups is 1. The monoisotopic (exact) mass is 299 g/mol. The number of carbonyl (C=O) groups excluding carboxylic acids is 1. The number of aliphatic hydroxyl groups excluding tert-OH is 1. The van der Waals surface area contributed by atoms with Gasteiger partial charge in [-0.3, -0.25) is 9.48 Å². The zero-order valence-electron chi connectivity index (χ0n) is 12.9. The Morgan fingerprint density at radius 2 is 2.09 bits per heavy atom. The first-order valence-corrected chi connectivity index (χ1v) is 7.22. The summed E-state index contributed by atoms with van der Waals surface area (Å²) < 4.78 is 1.76. The van der Waals surface area contributed by atoms with E-state index in [0.29, 0.717) is 13.1 Å². The summed E-state index contributed by atoms with van der Waals surface area (Å²) in [6, 6.07) is 9.74. The van der Waals surface area contributed by atoms with Crippen LogP contribution < -0.4 is 0 Å². The summed E-state index contributed by atoms with van der Waals surface area (Å²) in [6.07, 6.45) is 5.02. The van der Waals surface area contributed by atoms with Gasteiger partial charge in [0.05, 0.1) is 12.8 Å². The van der Waals surface area contributed by atoms with Gasteiger partial charge in [-0.25, -0.2) is 0 Å². The maximum atomic E-state index is 12.3. The average Bonchev–Trinajstić information content (AvgIpc) is 2.85. The largest absolute Gasteiger partial charge is 0.395 e. The highest BCUT2D eigenvalue weighted by Crippen LogP contribution is 2.09. The number of rotatable bonds is 6. The summed E-state index contributed by atoms with van der Waals surface area (Å²) in [6.45, 7) is 2.69. The van der Waals surface area contributed by atoms with E-state index in [1.165, 1.54) is 6.08 Å². The first-order chi connectivity index (χ1) is 10.6. The summed E-state index contributed by atoms with van der Waals surface area (Å²) in [5.41, 5.74) is 2.95. The lowest BCUT2D eigenvalue weighted by Crippen LogP contribution is -2.31. The molecule has 0 bridgehead atoms. The Morgan fingerprint density at radius 1 is 1.36 bits per heavy atom. The molecule has 5 nitrogen and oxygen atoms in total. The van der Waals surface area contributed by atoms with Crippen molar-refractivity contribution in [2.24, 2.45) is 7.05 Å². The number of nitrogens with zero attached hydrogens (tertiary/aromatic N) is 3. The van der Waals surface area contributed by atoms with Gasteiger partial charge in [0, 0.05) is 37.5 Å². The molecule has 1 aromatic carbocycles. The normalized spacial score (nSPS) is 11.0. The van der Waals surface area contributed by atoms with E-state index < -0.39 is 0 Å². The minimum atomic E-state index is -0.124. The highest BCUT2D eigenvalue weighted by Gasteiger charge is 2.11. The summed E-state index contributed by atoms with van der Waals surface area (Å²) >= 11 is 0. The maximum absolute atomic E-state index is 12.3. The van der Waals surface area contributed by atoms with Crippen LogP contribution in [0.5, 0.6) is 0 Å². The predicted molar refractivity (Wildman–Crippen MR) is 85.9 cm³/mol. The lowest BCUT2D eigenvalue weighted by molar-refractivity contribution is -0.127. The van der Waals surface area contributed by atoms with Crippen LogP contribution in [-0.2, 0) is 18.4 Å². The van der Waals surface area contributed by atoms with Gasteiger partial charge in [0.2, 0.25) is 5.91 Å². The fourth-order valence-corrected chi connectivity index (χ4v) is 2.14. The van der Waals surface area contributed by atoms with E-state index in [9.17, 15) is 4.79 Å². The third-order valence-corrected chi connectivity index (χ3v) is 3.58. The first-order valence-electron chi connectivity index (χ1n) is 7.22.